The van der Waals surface area contributed by atoms with Crippen molar-refractivity contribution in [3.8, 4) is 5.88 Å². The fourth-order valence-electron chi connectivity index (χ4n) is 1.53. The third-order valence-corrected chi connectivity index (χ3v) is 2.84. The van der Waals surface area contributed by atoms with Crippen molar-refractivity contribution in [2.75, 3.05) is 31.0 Å². The third-order valence-electron chi connectivity index (χ3n) is 2.57. The summed E-state index contributed by atoms with van der Waals surface area (Å²) >= 11 is 5.65. The van der Waals surface area contributed by atoms with Crippen molar-refractivity contribution in [3.63, 3.8) is 0 Å². The van der Waals surface area contributed by atoms with E-state index in [0.29, 0.717) is 12.5 Å². The van der Waals surface area contributed by atoms with Gasteiger partial charge in [0.25, 0.3) is 0 Å². The van der Waals surface area contributed by atoms with Gasteiger partial charge in [-0.05, 0) is 19.3 Å². The normalized spacial score (nSPS) is 10.4. The van der Waals surface area contributed by atoms with Crippen molar-refractivity contribution in [1.29, 1.82) is 0 Å². The fourth-order valence-corrected chi connectivity index (χ4v) is 1.72. The Morgan fingerprint density at radius 2 is 2.11 bits per heavy atom. The van der Waals surface area contributed by atoms with Crippen LogP contribution in [0.2, 0.25) is 0 Å². The van der Waals surface area contributed by atoms with Gasteiger partial charge in [0.1, 0.15) is 0 Å². The van der Waals surface area contributed by atoms with Crippen LogP contribution >= 0.6 is 11.6 Å². The van der Waals surface area contributed by atoms with Crippen LogP contribution in [-0.2, 0) is 0 Å². The highest BCUT2D eigenvalue weighted by atomic mass is 35.5. The lowest BCUT2D eigenvalue weighted by Gasteiger charge is -2.18. The number of ether oxygens (including phenoxy) is 1. The molecule has 1 aromatic rings. The topological polar surface area (TPSA) is 38.2 Å². The molecule has 1 heterocycles. The first-order valence-electron chi connectivity index (χ1n) is 6.50. The summed E-state index contributed by atoms with van der Waals surface area (Å²) in [6.45, 7) is 3.71. The SMILES string of the molecule is CCCOc1cncc(N(C)CCCCCCl)n1. The van der Waals surface area contributed by atoms with E-state index in [1.54, 1.807) is 12.4 Å². The number of hydrogen-bond donors (Lipinski definition) is 0. The average molecular weight is 272 g/mol. The predicted molar refractivity (Wildman–Crippen MR) is 75.7 cm³/mol. The zero-order valence-corrected chi connectivity index (χ0v) is 12.0. The van der Waals surface area contributed by atoms with Crippen LogP contribution in [0, 0.1) is 0 Å². The molecule has 18 heavy (non-hydrogen) atoms. The van der Waals surface area contributed by atoms with Crippen molar-refractivity contribution in [2.45, 2.75) is 32.6 Å². The van der Waals surface area contributed by atoms with Crippen LogP contribution in [0.15, 0.2) is 12.4 Å². The summed E-state index contributed by atoms with van der Waals surface area (Å²) in [5, 5.41) is 0. The number of alkyl halides is 1. The molecule has 0 saturated carbocycles. The van der Waals surface area contributed by atoms with Crippen molar-refractivity contribution in [1.82, 2.24) is 9.97 Å². The van der Waals surface area contributed by atoms with E-state index in [4.69, 9.17) is 16.3 Å². The molecular formula is C13H22ClN3O. The van der Waals surface area contributed by atoms with Gasteiger partial charge in [-0.3, -0.25) is 4.98 Å². The third kappa shape index (κ3) is 5.54. The maximum absolute atomic E-state index is 5.65. The zero-order valence-electron chi connectivity index (χ0n) is 11.2. The maximum atomic E-state index is 5.65. The first-order chi connectivity index (χ1) is 8.77. The quantitative estimate of drug-likeness (QED) is 0.511. The molecule has 0 aliphatic heterocycles. The zero-order chi connectivity index (χ0) is 13.2. The van der Waals surface area contributed by atoms with Crippen LogP contribution in [0.3, 0.4) is 0 Å². The molecule has 5 heteroatoms. The molecule has 4 nitrogen and oxygen atoms in total. The number of rotatable bonds is 9. The molecule has 1 rings (SSSR count). The van der Waals surface area contributed by atoms with Gasteiger partial charge in [-0.1, -0.05) is 13.3 Å². The number of hydrogen-bond acceptors (Lipinski definition) is 4. The second-order valence-corrected chi connectivity index (χ2v) is 4.61. The van der Waals surface area contributed by atoms with Crippen LogP contribution < -0.4 is 9.64 Å². The van der Waals surface area contributed by atoms with Gasteiger partial charge in [0.15, 0.2) is 5.82 Å². The minimum Gasteiger partial charge on any atom is -0.477 e. The highest BCUT2D eigenvalue weighted by Gasteiger charge is 2.04. The Balaban J connectivity index is 2.43. The van der Waals surface area contributed by atoms with E-state index in [0.717, 1.165) is 43.9 Å². The molecule has 102 valence electrons. The monoisotopic (exact) mass is 271 g/mol. The van der Waals surface area contributed by atoms with Crippen molar-refractivity contribution in [3.05, 3.63) is 12.4 Å². The van der Waals surface area contributed by atoms with Crippen molar-refractivity contribution < 1.29 is 4.74 Å². The lowest BCUT2D eigenvalue weighted by atomic mass is 10.2. The molecule has 0 fully saturated rings. The molecular weight excluding hydrogens is 250 g/mol. The highest BCUT2D eigenvalue weighted by Crippen LogP contribution is 2.13. The molecule has 0 bridgehead atoms. The summed E-state index contributed by atoms with van der Waals surface area (Å²) in [6, 6.07) is 0. The van der Waals surface area contributed by atoms with Gasteiger partial charge in [-0.15, -0.1) is 11.6 Å². The summed E-state index contributed by atoms with van der Waals surface area (Å²) in [7, 11) is 2.02. The Hall–Kier alpha value is -1.03. The van der Waals surface area contributed by atoms with Gasteiger partial charge < -0.3 is 9.64 Å². The smallest absolute Gasteiger partial charge is 0.234 e. The van der Waals surface area contributed by atoms with Gasteiger partial charge in [-0.25, -0.2) is 0 Å². The maximum Gasteiger partial charge on any atom is 0.234 e. The van der Waals surface area contributed by atoms with E-state index in [-0.39, 0.29) is 0 Å². The molecule has 0 atom stereocenters. The van der Waals surface area contributed by atoms with E-state index < -0.39 is 0 Å². The van der Waals surface area contributed by atoms with E-state index in [1.807, 2.05) is 7.05 Å². The average Bonchev–Trinajstić information content (AvgIpc) is 2.41. The molecule has 0 aliphatic carbocycles. The molecule has 0 radical (unpaired) electrons. The second kappa shape index (κ2) is 8.97. The predicted octanol–water partition coefficient (Wildman–Crippen LogP) is 3.11. The first kappa shape index (κ1) is 15.0. The summed E-state index contributed by atoms with van der Waals surface area (Å²) < 4.78 is 5.47. The van der Waals surface area contributed by atoms with E-state index in [9.17, 15) is 0 Å². The van der Waals surface area contributed by atoms with Gasteiger partial charge in [0.2, 0.25) is 5.88 Å². The number of nitrogens with zero attached hydrogens (tertiary/aromatic N) is 3. The first-order valence-corrected chi connectivity index (χ1v) is 7.03. The van der Waals surface area contributed by atoms with Crippen LogP contribution in [0.4, 0.5) is 5.82 Å². The minimum absolute atomic E-state index is 0.599. The fraction of sp³-hybridized carbons (Fsp3) is 0.692. The molecule has 0 saturated heterocycles. The minimum atomic E-state index is 0.599. The van der Waals surface area contributed by atoms with E-state index >= 15 is 0 Å². The molecule has 0 spiro atoms. The Labute approximate surface area is 114 Å². The van der Waals surface area contributed by atoms with Crippen LogP contribution in [0.1, 0.15) is 32.6 Å². The molecule has 0 N–H and O–H groups in total. The van der Waals surface area contributed by atoms with Gasteiger partial charge in [0, 0.05) is 19.5 Å². The van der Waals surface area contributed by atoms with E-state index in [1.165, 1.54) is 0 Å². The standard InChI is InChI=1S/C13H22ClN3O/c1-3-9-18-13-11-15-10-12(16-13)17(2)8-6-4-5-7-14/h10-11H,3-9H2,1-2H3. The Kier molecular flexibility index (Phi) is 7.49. The van der Waals surface area contributed by atoms with Crippen molar-refractivity contribution in [2.24, 2.45) is 0 Å². The number of anilines is 1. The summed E-state index contributed by atoms with van der Waals surface area (Å²) in [5.74, 6) is 2.19. The Bertz CT molecular complexity index is 336. The number of unbranched alkanes of at least 4 members (excludes halogenated alkanes) is 2. The van der Waals surface area contributed by atoms with E-state index in [2.05, 4.69) is 21.8 Å². The molecule has 0 aliphatic rings. The highest BCUT2D eigenvalue weighted by molar-refractivity contribution is 6.17. The molecule has 0 amide bonds. The van der Waals surface area contributed by atoms with Gasteiger partial charge in [0.05, 0.1) is 19.0 Å². The lowest BCUT2D eigenvalue weighted by molar-refractivity contribution is 0.304. The van der Waals surface area contributed by atoms with Gasteiger partial charge >= 0.3 is 0 Å². The van der Waals surface area contributed by atoms with Crippen LogP contribution in [0.5, 0.6) is 5.88 Å². The summed E-state index contributed by atoms with van der Waals surface area (Å²) in [4.78, 5) is 10.7. The van der Waals surface area contributed by atoms with Crippen LogP contribution in [-0.4, -0.2) is 36.0 Å². The summed E-state index contributed by atoms with van der Waals surface area (Å²) in [5.41, 5.74) is 0. The van der Waals surface area contributed by atoms with Gasteiger partial charge in [-0.2, -0.15) is 4.98 Å². The Morgan fingerprint density at radius 1 is 1.28 bits per heavy atom. The summed E-state index contributed by atoms with van der Waals surface area (Å²) in [6.07, 6.45) is 7.72. The largest absolute Gasteiger partial charge is 0.477 e. The lowest BCUT2D eigenvalue weighted by Crippen LogP contribution is -2.20. The molecule has 0 aromatic carbocycles. The number of aromatic nitrogens is 2. The second-order valence-electron chi connectivity index (χ2n) is 4.24. The molecule has 0 unspecified atom stereocenters. The number of halogens is 1. The Morgan fingerprint density at radius 3 is 2.83 bits per heavy atom. The molecule has 1 aromatic heterocycles. The van der Waals surface area contributed by atoms with Crippen LogP contribution in [0.25, 0.3) is 0 Å². The van der Waals surface area contributed by atoms with Crippen molar-refractivity contribution >= 4 is 17.4 Å².